The van der Waals surface area contributed by atoms with Crippen molar-refractivity contribution in [2.24, 2.45) is 0 Å². The standard InChI is InChI=1S/C21H22ClFN2O3/c22-19-11-16(23)6-5-15(19)12-24-13-17(14-24)28-20-4-2-1-3-18(20)21(26)25-7-9-27-10-8-25/h1-6,11,17H,7-10,12-14H2. The summed E-state index contributed by atoms with van der Waals surface area (Å²) < 4.78 is 24.6. The molecule has 2 aromatic carbocycles. The molecule has 0 bridgehead atoms. The number of nitrogens with zero attached hydrogens (tertiary/aromatic N) is 2. The monoisotopic (exact) mass is 404 g/mol. The summed E-state index contributed by atoms with van der Waals surface area (Å²) in [4.78, 5) is 16.8. The average Bonchev–Trinajstić information content (AvgIpc) is 2.68. The summed E-state index contributed by atoms with van der Waals surface area (Å²) >= 11 is 6.10. The molecule has 5 nitrogen and oxygen atoms in total. The lowest BCUT2D eigenvalue weighted by molar-refractivity contribution is 0.0125. The number of carbonyl (C=O) groups is 1. The number of morpholine rings is 1. The molecule has 7 heteroatoms. The van der Waals surface area contributed by atoms with Crippen LogP contribution in [-0.4, -0.2) is 61.2 Å². The highest BCUT2D eigenvalue weighted by atomic mass is 35.5. The maximum Gasteiger partial charge on any atom is 0.257 e. The molecule has 2 heterocycles. The highest BCUT2D eigenvalue weighted by Gasteiger charge is 2.30. The fraction of sp³-hybridized carbons (Fsp3) is 0.381. The van der Waals surface area contributed by atoms with Crippen molar-refractivity contribution in [3.8, 4) is 5.75 Å². The van der Waals surface area contributed by atoms with E-state index in [-0.39, 0.29) is 17.8 Å². The quantitative estimate of drug-likeness (QED) is 0.767. The molecule has 28 heavy (non-hydrogen) atoms. The zero-order valence-corrected chi connectivity index (χ0v) is 16.2. The molecule has 2 aromatic rings. The zero-order valence-electron chi connectivity index (χ0n) is 15.4. The van der Waals surface area contributed by atoms with Gasteiger partial charge in [-0.3, -0.25) is 9.69 Å². The van der Waals surface area contributed by atoms with Crippen molar-refractivity contribution >= 4 is 17.5 Å². The molecule has 0 atom stereocenters. The lowest BCUT2D eigenvalue weighted by Gasteiger charge is -2.39. The summed E-state index contributed by atoms with van der Waals surface area (Å²) in [5, 5.41) is 0.436. The van der Waals surface area contributed by atoms with Gasteiger partial charge in [-0.1, -0.05) is 29.8 Å². The number of hydrogen-bond acceptors (Lipinski definition) is 4. The van der Waals surface area contributed by atoms with E-state index in [1.807, 2.05) is 24.3 Å². The van der Waals surface area contributed by atoms with Crippen molar-refractivity contribution in [2.45, 2.75) is 12.6 Å². The van der Waals surface area contributed by atoms with E-state index in [4.69, 9.17) is 21.1 Å². The lowest BCUT2D eigenvalue weighted by atomic mass is 10.1. The third-order valence-electron chi connectivity index (χ3n) is 5.04. The van der Waals surface area contributed by atoms with Crippen LogP contribution in [-0.2, 0) is 11.3 Å². The Labute approximate surface area is 168 Å². The summed E-state index contributed by atoms with van der Waals surface area (Å²) in [5.41, 5.74) is 1.48. The molecule has 0 saturated carbocycles. The number of para-hydroxylation sites is 1. The van der Waals surface area contributed by atoms with Crippen LogP contribution in [0.2, 0.25) is 5.02 Å². The third kappa shape index (κ3) is 4.29. The highest BCUT2D eigenvalue weighted by Crippen LogP contribution is 2.26. The molecule has 0 spiro atoms. The smallest absolute Gasteiger partial charge is 0.257 e. The molecule has 0 N–H and O–H groups in total. The normalized spacial score (nSPS) is 18.0. The number of rotatable bonds is 5. The second-order valence-corrected chi connectivity index (χ2v) is 7.48. The molecule has 2 aliphatic rings. The Kier molecular flexibility index (Phi) is 5.80. The maximum atomic E-state index is 13.2. The number of carbonyl (C=O) groups excluding carboxylic acids is 1. The second-order valence-electron chi connectivity index (χ2n) is 7.07. The first kappa shape index (κ1) is 19.2. The van der Waals surface area contributed by atoms with Gasteiger partial charge in [-0.15, -0.1) is 0 Å². The Hall–Kier alpha value is -2.15. The molecule has 4 rings (SSSR count). The molecule has 1 amide bonds. The molecule has 0 radical (unpaired) electrons. The number of likely N-dealkylation sites (tertiary alicyclic amines) is 1. The van der Waals surface area contributed by atoms with Gasteiger partial charge < -0.3 is 14.4 Å². The van der Waals surface area contributed by atoms with Crippen LogP contribution >= 0.6 is 11.6 Å². The van der Waals surface area contributed by atoms with E-state index < -0.39 is 0 Å². The minimum atomic E-state index is -0.333. The molecular weight excluding hydrogens is 383 g/mol. The first-order chi connectivity index (χ1) is 13.6. The number of ether oxygens (including phenoxy) is 2. The van der Waals surface area contributed by atoms with Crippen molar-refractivity contribution in [2.75, 3.05) is 39.4 Å². The minimum absolute atomic E-state index is 0.0119. The summed E-state index contributed by atoms with van der Waals surface area (Å²) in [6.07, 6.45) is 0.0119. The summed E-state index contributed by atoms with van der Waals surface area (Å²) in [6.45, 7) is 4.44. The predicted octanol–water partition coefficient (Wildman–Crippen LogP) is 3.21. The van der Waals surface area contributed by atoms with E-state index >= 15 is 0 Å². The molecule has 0 aliphatic carbocycles. The van der Waals surface area contributed by atoms with Gasteiger partial charge >= 0.3 is 0 Å². The Morgan fingerprint density at radius 3 is 2.68 bits per heavy atom. The van der Waals surface area contributed by atoms with Gasteiger partial charge in [0.15, 0.2) is 0 Å². The van der Waals surface area contributed by atoms with Crippen LogP contribution in [0.4, 0.5) is 4.39 Å². The average molecular weight is 405 g/mol. The first-order valence-electron chi connectivity index (χ1n) is 9.39. The Bertz CT molecular complexity index is 851. The van der Waals surface area contributed by atoms with E-state index in [0.717, 1.165) is 18.7 Å². The van der Waals surface area contributed by atoms with Gasteiger partial charge in [-0.05, 0) is 29.8 Å². The van der Waals surface area contributed by atoms with Gasteiger partial charge in [-0.2, -0.15) is 0 Å². The minimum Gasteiger partial charge on any atom is -0.487 e. The van der Waals surface area contributed by atoms with E-state index in [9.17, 15) is 9.18 Å². The zero-order chi connectivity index (χ0) is 19.5. The van der Waals surface area contributed by atoms with Crippen LogP contribution in [0.5, 0.6) is 5.75 Å². The molecule has 0 unspecified atom stereocenters. The Balaban J connectivity index is 1.35. The molecule has 2 aliphatic heterocycles. The summed E-state index contributed by atoms with van der Waals surface area (Å²) in [6, 6.07) is 11.8. The van der Waals surface area contributed by atoms with Gasteiger partial charge in [0.05, 0.1) is 18.8 Å². The summed E-state index contributed by atoms with van der Waals surface area (Å²) in [7, 11) is 0. The molecule has 0 aromatic heterocycles. The van der Waals surface area contributed by atoms with E-state index in [1.165, 1.54) is 12.1 Å². The van der Waals surface area contributed by atoms with Gasteiger partial charge in [0.25, 0.3) is 5.91 Å². The fourth-order valence-corrected chi connectivity index (χ4v) is 3.71. The topological polar surface area (TPSA) is 42.0 Å². The van der Waals surface area contributed by atoms with Gasteiger partial charge in [-0.25, -0.2) is 4.39 Å². The molecule has 2 fully saturated rings. The van der Waals surface area contributed by atoms with Crippen molar-refractivity contribution in [3.05, 3.63) is 64.4 Å². The van der Waals surface area contributed by atoms with Gasteiger partial charge in [0, 0.05) is 37.7 Å². The SMILES string of the molecule is O=C(c1ccccc1OC1CN(Cc2ccc(F)cc2Cl)C1)N1CCOCC1. The van der Waals surface area contributed by atoms with E-state index in [1.54, 1.807) is 11.0 Å². The van der Waals surface area contributed by atoms with Crippen LogP contribution in [0.15, 0.2) is 42.5 Å². The number of hydrogen-bond donors (Lipinski definition) is 0. The molecular formula is C21H22ClFN2O3. The lowest BCUT2D eigenvalue weighted by Crippen LogP contribution is -2.53. The van der Waals surface area contributed by atoms with Crippen LogP contribution in [0.1, 0.15) is 15.9 Å². The number of amides is 1. The predicted molar refractivity (Wildman–Crippen MR) is 104 cm³/mol. The second kappa shape index (κ2) is 8.47. The van der Waals surface area contributed by atoms with Crippen molar-refractivity contribution in [3.63, 3.8) is 0 Å². The summed E-state index contributed by atoms with van der Waals surface area (Å²) in [5.74, 6) is 0.261. The van der Waals surface area contributed by atoms with Gasteiger partial charge in [0.1, 0.15) is 17.7 Å². The number of benzene rings is 2. The van der Waals surface area contributed by atoms with Crippen molar-refractivity contribution < 1.29 is 18.7 Å². The van der Waals surface area contributed by atoms with Gasteiger partial charge in [0.2, 0.25) is 0 Å². The fourth-order valence-electron chi connectivity index (χ4n) is 3.48. The van der Waals surface area contributed by atoms with Crippen LogP contribution < -0.4 is 4.74 Å². The van der Waals surface area contributed by atoms with Crippen LogP contribution in [0, 0.1) is 5.82 Å². The number of halogens is 2. The Morgan fingerprint density at radius 1 is 1.18 bits per heavy atom. The van der Waals surface area contributed by atoms with E-state index in [0.29, 0.717) is 49.2 Å². The first-order valence-corrected chi connectivity index (χ1v) is 9.77. The maximum absolute atomic E-state index is 13.2. The van der Waals surface area contributed by atoms with Crippen LogP contribution in [0.3, 0.4) is 0 Å². The largest absolute Gasteiger partial charge is 0.487 e. The highest BCUT2D eigenvalue weighted by molar-refractivity contribution is 6.31. The molecule has 2 saturated heterocycles. The molecule has 148 valence electrons. The Morgan fingerprint density at radius 2 is 1.93 bits per heavy atom. The van der Waals surface area contributed by atoms with Crippen LogP contribution in [0.25, 0.3) is 0 Å². The van der Waals surface area contributed by atoms with Crippen molar-refractivity contribution in [1.82, 2.24) is 9.80 Å². The third-order valence-corrected chi connectivity index (χ3v) is 5.39. The van der Waals surface area contributed by atoms with E-state index in [2.05, 4.69) is 4.90 Å². The van der Waals surface area contributed by atoms with Crippen molar-refractivity contribution in [1.29, 1.82) is 0 Å².